The van der Waals surface area contributed by atoms with E-state index in [-0.39, 0.29) is 11.9 Å². The highest BCUT2D eigenvalue weighted by molar-refractivity contribution is 6.28. The lowest BCUT2D eigenvalue weighted by Crippen LogP contribution is -2.10. The van der Waals surface area contributed by atoms with Gasteiger partial charge in [0.1, 0.15) is 11.0 Å². The molecule has 18 heavy (non-hydrogen) atoms. The third kappa shape index (κ3) is 2.69. The number of aromatic nitrogens is 4. The van der Waals surface area contributed by atoms with E-state index in [0.29, 0.717) is 36.7 Å². The lowest BCUT2D eigenvalue weighted by molar-refractivity contribution is 0.0859. The number of rotatable bonds is 6. The largest absolute Gasteiger partial charge is 0.479 e. The molecule has 2 heterocycles. The smallest absolute Gasteiger partial charge is 0.244 e. The zero-order valence-corrected chi connectivity index (χ0v) is 10.6. The molecule has 2 aromatic heterocycles. The van der Waals surface area contributed by atoms with Crippen LogP contribution in [0, 0.1) is 0 Å². The normalized spacial score (nSPS) is 11.1. The molecule has 0 spiro atoms. The van der Waals surface area contributed by atoms with Crippen molar-refractivity contribution >= 4 is 22.6 Å². The average Bonchev–Trinajstić information content (AvgIpc) is 2.76. The molecule has 0 aliphatic carbocycles. The molecular formula is C10H13ClN4O3. The first-order valence-electron chi connectivity index (χ1n) is 5.38. The van der Waals surface area contributed by atoms with Crippen LogP contribution in [0.1, 0.15) is 0 Å². The number of nitrogens with zero attached hydrogens (tertiary/aromatic N) is 4. The van der Waals surface area contributed by atoms with Crippen LogP contribution in [0.2, 0.25) is 5.28 Å². The van der Waals surface area contributed by atoms with Crippen molar-refractivity contribution in [3.63, 3.8) is 0 Å². The Balaban J connectivity index is 2.23. The number of aliphatic hydroxyl groups is 1. The summed E-state index contributed by atoms with van der Waals surface area (Å²) in [6, 6.07) is 0. The molecule has 2 aromatic rings. The lowest BCUT2D eigenvalue weighted by Gasteiger charge is -2.06. The molecule has 0 aromatic carbocycles. The van der Waals surface area contributed by atoms with Crippen molar-refractivity contribution in [2.45, 2.75) is 6.54 Å². The minimum Gasteiger partial charge on any atom is -0.479 e. The van der Waals surface area contributed by atoms with Gasteiger partial charge in [-0.05, 0) is 11.6 Å². The Kier molecular flexibility index (Phi) is 4.29. The molecule has 0 unspecified atom stereocenters. The molecule has 7 nitrogen and oxygen atoms in total. The molecule has 0 aliphatic rings. The van der Waals surface area contributed by atoms with Crippen molar-refractivity contribution in [2.24, 2.45) is 0 Å². The van der Waals surface area contributed by atoms with E-state index in [4.69, 9.17) is 26.2 Å². The molecule has 2 rings (SSSR count). The topological polar surface area (TPSA) is 82.3 Å². The third-order valence-electron chi connectivity index (χ3n) is 2.31. The molecule has 98 valence electrons. The van der Waals surface area contributed by atoms with E-state index in [1.54, 1.807) is 10.9 Å². The van der Waals surface area contributed by atoms with E-state index in [1.807, 2.05) is 0 Å². The molecule has 0 atom stereocenters. The highest BCUT2D eigenvalue weighted by Crippen LogP contribution is 2.23. The minimum atomic E-state index is 0.00188. The quantitative estimate of drug-likeness (QED) is 0.609. The van der Waals surface area contributed by atoms with Crippen LogP contribution in [-0.2, 0) is 11.3 Å². The van der Waals surface area contributed by atoms with Crippen LogP contribution in [0.15, 0.2) is 6.20 Å². The van der Waals surface area contributed by atoms with Gasteiger partial charge in [-0.1, -0.05) is 0 Å². The fraction of sp³-hybridized carbons (Fsp3) is 0.500. The van der Waals surface area contributed by atoms with Crippen LogP contribution >= 0.6 is 11.6 Å². The van der Waals surface area contributed by atoms with Crippen molar-refractivity contribution in [3.05, 3.63) is 11.5 Å². The molecule has 1 N–H and O–H groups in total. The maximum absolute atomic E-state index is 8.61. The molecule has 0 aliphatic heterocycles. The highest BCUT2D eigenvalue weighted by Gasteiger charge is 2.13. The fourth-order valence-electron chi connectivity index (χ4n) is 1.57. The highest BCUT2D eigenvalue weighted by atomic mass is 35.5. The standard InChI is InChI=1S/C10H13ClN4O3/c1-17-9-8-7(13-10(11)14-9)6-12-15(8)2-4-18-5-3-16/h6,16H,2-5H2,1H3. The lowest BCUT2D eigenvalue weighted by atomic mass is 10.4. The number of halogens is 1. The van der Waals surface area contributed by atoms with E-state index in [0.717, 1.165) is 0 Å². The van der Waals surface area contributed by atoms with Crippen molar-refractivity contribution in [1.82, 2.24) is 19.7 Å². The monoisotopic (exact) mass is 272 g/mol. The zero-order chi connectivity index (χ0) is 13.0. The second-order valence-electron chi connectivity index (χ2n) is 3.44. The first kappa shape index (κ1) is 13.0. The van der Waals surface area contributed by atoms with Gasteiger partial charge in [-0.3, -0.25) is 4.68 Å². The van der Waals surface area contributed by atoms with Gasteiger partial charge in [0.2, 0.25) is 11.2 Å². The maximum atomic E-state index is 8.61. The Labute approximate surface area is 108 Å². The van der Waals surface area contributed by atoms with E-state index < -0.39 is 0 Å². The van der Waals surface area contributed by atoms with Gasteiger partial charge in [0.25, 0.3) is 0 Å². The van der Waals surface area contributed by atoms with E-state index in [9.17, 15) is 0 Å². The maximum Gasteiger partial charge on any atom is 0.244 e. The van der Waals surface area contributed by atoms with Crippen LogP contribution < -0.4 is 4.74 Å². The average molecular weight is 273 g/mol. The van der Waals surface area contributed by atoms with Gasteiger partial charge in [0.05, 0.1) is 39.7 Å². The third-order valence-corrected chi connectivity index (χ3v) is 2.47. The van der Waals surface area contributed by atoms with Crippen molar-refractivity contribution in [2.75, 3.05) is 26.9 Å². The van der Waals surface area contributed by atoms with E-state index in [2.05, 4.69) is 15.1 Å². The number of hydrogen-bond acceptors (Lipinski definition) is 6. The van der Waals surface area contributed by atoms with Gasteiger partial charge in [-0.2, -0.15) is 10.1 Å². The molecule has 0 radical (unpaired) electrons. The summed E-state index contributed by atoms with van der Waals surface area (Å²) in [4.78, 5) is 8.05. The SMILES string of the molecule is COc1nc(Cl)nc2cnn(CCOCCO)c12. The number of aliphatic hydroxyl groups excluding tert-OH is 1. The van der Waals surface area contributed by atoms with Crippen LogP contribution in [0.4, 0.5) is 0 Å². The van der Waals surface area contributed by atoms with Gasteiger partial charge in [0.15, 0.2) is 0 Å². The summed E-state index contributed by atoms with van der Waals surface area (Å²) in [5, 5.41) is 12.9. The molecule has 0 saturated heterocycles. The number of fused-ring (bicyclic) bond motifs is 1. The van der Waals surface area contributed by atoms with E-state index >= 15 is 0 Å². The molecule has 0 bridgehead atoms. The van der Waals surface area contributed by atoms with Crippen LogP contribution in [0.3, 0.4) is 0 Å². The second-order valence-corrected chi connectivity index (χ2v) is 3.78. The van der Waals surface area contributed by atoms with Crippen molar-refractivity contribution in [3.8, 4) is 5.88 Å². The number of methoxy groups -OCH3 is 1. The molecule has 0 fully saturated rings. The summed E-state index contributed by atoms with van der Waals surface area (Å²) < 4.78 is 12.0. The number of hydrogen-bond donors (Lipinski definition) is 1. The summed E-state index contributed by atoms with van der Waals surface area (Å²) >= 11 is 5.77. The summed E-state index contributed by atoms with van der Waals surface area (Å²) in [6.07, 6.45) is 1.59. The van der Waals surface area contributed by atoms with Gasteiger partial charge < -0.3 is 14.6 Å². The Morgan fingerprint density at radius 2 is 2.22 bits per heavy atom. The molecule has 0 amide bonds. The predicted octanol–water partition coefficient (Wildman–Crippen LogP) is 0.497. The zero-order valence-electron chi connectivity index (χ0n) is 9.84. The van der Waals surface area contributed by atoms with Crippen molar-refractivity contribution < 1.29 is 14.6 Å². The predicted molar refractivity (Wildman–Crippen MR) is 64.8 cm³/mol. The van der Waals surface area contributed by atoms with Crippen LogP contribution in [0.25, 0.3) is 11.0 Å². The van der Waals surface area contributed by atoms with Gasteiger partial charge in [-0.15, -0.1) is 0 Å². The minimum absolute atomic E-state index is 0.00188. The summed E-state index contributed by atoms with van der Waals surface area (Å²) in [5.74, 6) is 0.379. The van der Waals surface area contributed by atoms with Crippen molar-refractivity contribution in [1.29, 1.82) is 0 Å². The number of ether oxygens (including phenoxy) is 2. The van der Waals surface area contributed by atoms with Crippen LogP contribution in [0.5, 0.6) is 5.88 Å². The molecular weight excluding hydrogens is 260 g/mol. The Hall–Kier alpha value is -1.44. The summed E-state index contributed by atoms with van der Waals surface area (Å²) in [7, 11) is 1.51. The second kappa shape index (κ2) is 5.94. The van der Waals surface area contributed by atoms with Gasteiger partial charge in [-0.25, -0.2) is 4.98 Å². The Morgan fingerprint density at radius 1 is 1.39 bits per heavy atom. The summed E-state index contributed by atoms with van der Waals surface area (Å²) in [5.41, 5.74) is 1.29. The fourth-order valence-corrected chi connectivity index (χ4v) is 1.74. The summed E-state index contributed by atoms with van der Waals surface area (Å²) in [6.45, 7) is 1.26. The van der Waals surface area contributed by atoms with Crippen LogP contribution in [-0.4, -0.2) is 51.8 Å². The first-order chi connectivity index (χ1) is 8.76. The first-order valence-corrected chi connectivity index (χ1v) is 5.75. The Bertz CT molecular complexity index is 531. The molecule has 0 saturated carbocycles. The Morgan fingerprint density at radius 3 is 2.94 bits per heavy atom. The van der Waals surface area contributed by atoms with Gasteiger partial charge >= 0.3 is 0 Å². The van der Waals surface area contributed by atoms with E-state index in [1.165, 1.54) is 7.11 Å². The van der Waals surface area contributed by atoms with Gasteiger partial charge in [0, 0.05) is 0 Å². The molecule has 8 heteroatoms.